The number of hydrogen-bond acceptors (Lipinski definition) is 4. The van der Waals surface area contributed by atoms with E-state index >= 15 is 0 Å². The second-order valence-corrected chi connectivity index (χ2v) is 4.89. The van der Waals surface area contributed by atoms with Crippen molar-refractivity contribution in [2.75, 3.05) is 0 Å². The summed E-state index contributed by atoms with van der Waals surface area (Å²) in [5.74, 6) is 0.266. The molecule has 21 heavy (non-hydrogen) atoms. The number of rotatable bonds is 2. The number of aromatic nitrogens is 1. The lowest BCUT2D eigenvalue weighted by atomic mass is 10.1. The van der Waals surface area contributed by atoms with Crippen molar-refractivity contribution in [3.05, 3.63) is 65.5 Å². The summed E-state index contributed by atoms with van der Waals surface area (Å²) in [5.41, 5.74) is 2.84. The summed E-state index contributed by atoms with van der Waals surface area (Å²) in [6, 6.07) is 11.5. The van der Waals surface area contributed by atoms with Gasteiger partial charge >= 0.3 is 0 Å². The van der Waals surface area contributed by atoms with Gasteiger partial charge in [-0.1, -0.05) is 29.8 Å². The topological polar surface area (TPSA) is 54.8 Å². The summed E-state index contributed by atoms with van der Waals surface area (Å²) in [4.78, 5) is 15.8. The Hall–Kier alpha value is -2.69. The Balaban J connectivity index is 1.93. The van der Waals surface area contributed by atoms with Crippen LogP contribution < -0.4 is 0 Å². The Morgan fingerprint density at radius 2 is 1.81 bits per heavy atom. The number of nitrogens with zero attached hydrogens (tertiary/aromatic N) is 3. The highest BCUT2D eigenvalue weighted by atomic mass is 16.5. The molecule has 0 saturated heterocycles. The van der Waals surface area contributed by atoms with Crippen molar-refractivity contribution in [1.29, 1.82) is 0 Å². The molecule has 2 aromatic rings. The molecule has 0 fully saturated rings. The van der Waals surface area contributed by atoms with E-state index in [-0.39, 0.29) is 5.91 Å². The lowest BCUT2D eigenvalue weighted by Crippen LogP contribution is -2.25. The highest BCUT2D eigenvalue weighted by molar-refractivity contribution is 5.96. The molecule has 0 radical (unpaired) electrons. The van der Waals surface area contributed by atoms with Gasteiger partial charge in [0, 0.05) is 30.4 Å². The van der Waals surface area contributed by atoms with E-state index in [9.17, 15) is 4.79 Å². The molecule has 1 aromatic carbocycles. The van der Waals surface area contributed by atoms with Gasteiger partial charge in [0.2, 0.25) is 18.0 Å². The maximum atomic E-state index is 11.8. The SMILES string of the molecule is CC(=O)N1N=C(c2ccncc2)O[C@H]1c1ccc(C)cc1. The molecular formula is C16H15N3O2. The van der Waals surface area contributed by atoms with Gasteiger partial charge in [-0.15, -0.1) is 5.10 Å². The highest BCUT2D eigenvalue weighted by Crippen LogP contribution is 2.30. The van der Waals surface area contributed by atoms with Crippen LogP contribution in [0.1, 0.15) is 29.8 Å². The number of hydrazone groups is 1. The minimum Gasteiger partial charge on any atom is -0.446 e. The van der Waals surface area contributed by atoms with E-state index in [0.29, 0.717) is 5.90 Å². The first-order chi connectivity index (χ1) is 10.1. The third-order valence-electron chi connectivity index (χ3n) is 3.26. The molecule has 0 spiro atoms. The van der Waals surface area contributed by atoms with E-state index in [1.165, 1.54) is 11.9 Å². The van der Waals surface area contributed by atoms with Crippen LogP contribution in [-0.4, -0.2) is 21.8 Å². The van der Waals surface area contributed by atoms with E-state index < -0.39 is 6.23 Å². The Morgan fingerprint density at radius 3 is 2.43 bits per heavy atom. The summed E-state index contributed by atoms with van der Waals surface area (Å²) in [6.07, 6.45) is 2.81. The van der Waals surface area contributed by atoms with Crippen LogP contribution in [0.3, 0.4) is 0 Å². The molecule has 5 nitrogen and oxygen atoms in total. The molecule has 0 N–H and O–H groups in total. The second kappa shape index (κ2) is 5.36. The zero-order chi connectivity index (χ0) is 14.8. The molecule has 5 heteroatoms. The molecule has 1 amide bonds. The van der Waals surface area contributed by atoms with Gasteiger partial charge in [-0.3, -0.25) is 9.78 Å². The van der Waals surface area contributed by atoms with Crippen LogP contribution in [-0.2, 0) is 9.53 Å². The molecule has 0 aliphatic carbocycles. The van der Waals surface area contributed by atoms with Crippen LogP contribution in [0.25, 0.3) is 0 Å². The predicted molar refractivity (Wildman–Crippen MR) is 78.3 cm³/mol. The molecule has 0 unspecified atom stereocenters. The monoisotopic (exact) mass is 281 g/mol. The van der Waals surface area contributed by atoms with Gasteiger partial charge in [-0.25, -0.2) is 0 Å². The van der Waals surface area contributed by atoms with Crippen LogP contribution in [0, 0.1) is 6.92 Å². The van der Waals surface area contributed by atoms with Gasteiger partial charge in [0.25, 0.3) is 0 Å². The molecular weight excluding hydrogens is 266 g/mol. The third-order valence-corrected chi connectivity index (χ3v) is 3.26. The Labute approximate surface area is 122 Å². The smallest absolute Gasteiger partial charge is 0.243 e. The number of amides is 1. The van der Waals surface area contributed by atoms with Crippen molar-refractivity contribution in [2.45, 2.75) is 20.1 Å². The van der Waals surface area contributed by atoms with E-state index in [1.807, 2.05) is 31.2 Å². The first kappa shape index (κ1) is 13.3. The van der Waals surface area contributed by atoms with Crippen LogP contribution in [0.2, 0.25) is 0 Å². The lowest BCUT2D eigenvalue weighted by molar-refractivity contribution is -0.135. The maximum absolute atomic E-state index is 11.8. The fraction of sp³-hybridized carbons (Fsp3) is 0.188. The van der Waals surface area contributed by atoms with Crippen molar-refractivity contribution in [1.82, 2.24) is 9.99 Å². The van der Waals surface area contributed by atoms with Crippen molar-refractivity contribution in [3.63, 3.8) is 0 Å². The average Bonchev–Trinajstić information content (AvgIpc) is 2.94. The Kier molecular flexibility index (Phi) is 3.39. The first-order valence-corrected chi connectivity index (χ1v) is 6.67. The number of hydrogen-bond donors (Lipinski definition) is 0. The van der Waals surface area contributed by atoms with Gasteiger partial charge < -0.3 is 4.74 Å². The van der Waals surface area contributed by atoms with Crippen LogP contribution in [0.4, 0.5) is 0 Å². The summed E-state index contributed by atoms with van der Waals surface area (Å²) < 4.78 is 5.87. The largest absolute Gasteiger partial charge is 0.446 e. The second-order valence-electron chi connectivity index (χ2n) is 4.89. The average molecular weight is 281 g/mol. The summed E-state index contributed by atoms with van der Waals surface area (Å²) in [6.45, 7) is 3.49. The first-order valence-electron chi connectivity index (χ1n) is 6.67. The number of carbonyl (C=O) groups is 1. The van der Waals surface area contributed by atoms with E-state index in [4.69, 9.17) is 4.74 Å². The normalized spacial score (nSPS) is 17.3. The fourth-order valence-electron chi connectivity index (χ4n) is 2.13. The fourth-order valence-corrected chi connectivity index (χ4v) is 2.13. The van der Waals surface area contributed by atoms with Crippen LogP contribution in [0.15, 0.2) is 53.9 Å². The molecule has 1 aromatic heterocycles. The van der Waals surface area contributed by atoms with Crippen molar-refractivity contribution in [3.8, 4) is 0 Å². The lowest BCUT2D eigenvalue weighted by Gasteiger charge is -2.19. The predicted octanol–water partition coefficient (Wildman–Crippen LogP) is 2.63. The maximum Gasteiger partial charge on any atom is 0.243 e. The number of ether oxygens (including phenoxy) is 1. The molecule has 1 aliphatic rings. The zero-order valence-corrected chi connectivity index (χ0v) is 11.9. The van der Waals surface area contributed by atoms with Crippen LogP contribution >= 0.6 is 0 Å². The molecule has 2 heterocycles. The van der Waals surface area contributed by atoms with Gasteiger partial charge in [0.1, 0.15) is 0 Å². The van der Waals surface area contributed by atoms with E-state index in [0.717, 1.165) is 16.7 Å². The zero-order valence-electron chi connectivity index (χ0n) is 11.9. The summed E-state index contributed by atoms with van der Waals surface area (Å²) >= 11 is 0. The van der Waals surface area contributed by atoms with Crippen molar-refractivity contribution in [2.24, 2.45) is 5.10 Å². The Bertz CT molecular complexity index is 680. The van der Waals surface area contributed by atoms with Gasteiger partial charge in [0.05, 0.1) is 0 Å². The molecule has 1 atom stereocenters. The minimum absolute atomic E-state index is 0.162. The van der Waals surface area contributed by atoms with E-state index in [2.05, 4.69) is 10.1 Å². The van der Waals surface area contributed by atoms with Crippen molar-refractivity contribution < 1.29 is 9.53 Å². The molecule has 3 rings (SSSR count). The quantitative estimate of drug-likeness (QED) is 0.850. The van der Waals surface area contributed by atoms with Gasteiger partial charge in [0.15, 0.2) is 0 Å². The molecule has 106 valence electrons. The number of pyridine rings is 1. The molecule has 1 aliphatic heterocycles. The standard InChI is InChI=1S/C16H15N3O2/c1-11-3-5-14(6-4-11)16-19(12(2)20)18-15(21-16)13-7-9-17-10-8-13/h3-10,16H,1-2H3/t16-/m0/s1. The van der Waals surface area contributed by atoms with Gasteiger partial charge in [-0.2, -0.15) is 5.01 Å². The minimum atomic E-state index is -0.522. The summed E-state index contributed by atoms with van der Waals surface area (Å²) in [7, 11) is 0. The van der Waals surface area contributed by atoms with Crippen LogP contribution in [0.5, 0.6) is 0 Å². The van der Waals surface area contributed by atoms with Crippen molar-refractivity contribution >= 4 is 11.8 Å². The number of benzene rings is 1. The Morgan fingerprint density at radius 1 is 1.14 bits per heavy atom. The molecule has 0 saturated carbocycles. The highest BCUT2D eigenvalue weighted by Gasteiger charge is 2.32. The number of carbonyl (C=O) groups excluding carboxylic acids is 1. The summed E-state index contributed by atoms with van der Waals surface area (Å²) in [5, 5.41) is 5.65. The van der Waals surface area contributed by atoms with Gasteiger partial charge in [-0.05, 0) is 19.1 Å². The molecule has 0 bridgehead atoms. The third kappa shape index (κ3) is 2.63. The number of aryl methyl sites for hydroxylation is 1. The van der Waals surface area contributed by atoms with E-state index in [1.54, 1.807) is 24.5 Å².